The SMILES string of the molecule is CN(C)[C@H](CNC(=O)c1ccccn1)c1cccs1. The van der Waals surface area contributed by atoms with E-state index < -0.39 is 0 Å². The molecule has 0 aliphatic carbocycles. The third kappa shape index (κ3) is 3.62. The first-order valence-electron chi connectivity index (χ1n) is 6.07. The van der Waals surface area contributed by atoms with Crippen molar-refractivity contribution in [2.45, 2.75) is 6.04 Å². The number of aromatic nitrogens is 1. The Hall–Kier alpha value is -1.72. The standard InChI is InChI=1S/C14H17N3OS/c1-17(2)12(13-7-5-9-19-13)10-16-14(18)11-6-3-4-8-15-11/h3-9,12H,10H2,1-2H3,(H,16,18)/t12-/m1/s1. The van der Waals surface area contributed by atoms with Crippen LogP contribution in [0.5, 0.6) is 0 Å². The van der Waals surface area contributed by atoms with Gasteiger partial charge in [0.2, 0.25) is 0 Å². The van der Waals surface area contributed by atoms with Gasteiger partial charge in [0.25, 0.3) is 5.91 Å². The van der Waals surface area contributed by atoms with E-state index in [4.69, 9.17) is 0 Å². The second kappa shape index (κ2) is 6.45. The van der Waals surface area contributed by atoms with Gasteiger partial charge >= 0.3 is 0 Å². The number of pyridine rings is 1. The van der Waals surface area contributed by atoms with E-state index in [9.17, 15) is 4.79 Å². The van der Waals surface area contributed by atoms with E-state index in [0.29, 0.717) is 12.2 Å². The van der Waals surface area contributed by atoms with E-state index in [1.165, 1.54) is 4.88 Å². The van der Waals surface area contributed by atoms with Crippen LogP contribution in [0.1, 0.15) is 21.4 Å². The highest BCUT2D eigenvalue weighted by molar-refractivity contribution is 7.10. The number of carbonyl (C=O) groups is 1. The Kier molecular flexibility index (Phi) is 4.65. The zero-order valence-corrected chi connectivity index (χ0v) is 11.9. The summed E-state index contributed by atoms with van der Waals surface area (Å²) in [4.78, 5) is 19.3. The first-order valence-corrected chi connectivity index (χ1v) is 6.95. The highest BCUT2D eigenvalue weighted by atomic mass is 32.1. The van der Waals surface area contributed by atoms with Crippen molar-refractivity contribution in [1.29, 1.82) is 0 Å². The van der Waals surface area contributed by atoms with Crippen LogP contribution < -0.4 is 5.32 Å². The van der Waals surface area contributed by atoms with Crippen molar-refractivity contribution in [2.75, 3.05) is 20.6 Å². The minimum atomic E-state index is -0.135. The number of thiophene rings is 1. The smallest absolute Gasteiger partial charge is 0.269 e. The number of amides is 1. The van der Waals surface area contributed by atoms with Gasteiger partial charge in [-0.15, -0.1) is 11.3 Å². The van der Waals surface area contributed by atoms with Crippen LogP contribution in [0.3, 0.4) is 0 Å². The predicted octanol–water partition coefficient (Wildman–Crippen LogP) is 2.18. The van der Waals surface area contributed by atoms with Crippen LogP contribution in [0.4, 0.5) is 0 Å². The molecule has 0 aliphatic heterocycles. The van der Waals surface area contributed by atoms with Crippen molar-refractivity contribution in [1.82, 2.24) is 15.2 Å². The van der Waals surface area contributed by atoms with Gasteiger partial charge in [0.1, 0.15) is 5.69 Å². The van der Waals surface area contributed by atoms with Crippen LogP contribution in [0.2, 0.25) is 0 Å². The van der Waals surface area contributed by atoms with Crippen LogP contribution in [0.25, 0.3) is 0 Å². The predicted molar refractivity (Wildman–Crippen MR) is 77.3 cm³/mol. The second-order valence-corrected chi connectivity index (χ2v) is 5.40. The van der Waals surface area contributed by atoms with Gasteiger partial charge in [-0.1, -0.05) is 12.1 Å². The molecule has 4 nitrogen and oxygen atoms in total. The average Bonchev–Trinajstić information content (AvgIpc) is 2.93. The number of hydrogen-bond donors (Lipinski definition) is 1. The molecule has 2 aromatic heterocycles. The highest BCUT2D eigenvalue weighted by Gasteiger charge is 2.16. The third-order valence-electron chi connectivity index (χ3n) is 2.85. The van der Waals surface area contributed by atoms with Gasteiger partial charge in [0.05, 0.1) is 6.04 Å². The molecule has 0 spiro atoms. The summed E-state index contributed by atoms with van der Waals surface area (Å²) in [5.41, 5.74) is 0.450. The van der Waals surface area contributed by atoms with Gasteiger partial charge < -0.3 is 10.2 Å². The van der Waals surface area contributed by atoms with Crippen molar-refractivity contribution in [3.63, 3.8) is 0 Å². The summed E-state index contributed by atoms with van der Waals surface area (Å²) in [6, 6.07) is 9.62. The molecule has 1 atom stereocenters. The Morgan fingerprint density at radius 3 is 2.79 bits per heavy atom. The second-order valence-electron chi connectivity index (χ2n) is 4.42. The highest BCUT2D eigenvalue weighted by Crippen LogP contribution is 2.22. The third-order valence-corrected chi connectivity index (χ3v) is 3.82. The Balaban J connectivity index is 1.98. The Morgan fingerprint density at radius 1 is 1.37 bits per heavy atom. The molecule has 0 aliphatic rings. The molecular weight excluding hydrogens is 258 g/mol. The van der Waals surface area contributed by atoms with Crippen molar-refractivity contribution in [3.8, 4) is 0 Å². The summed E-state index contributed by atoms with van der Waals surface area (Å²) < 4.78 is 0. The molecule has 19 heavy (non-hydrogen) atoms. The summed E-state index contributed by atoms with van der Waals surface area (Å²) in [6.45, 7) is 0.572. The lowest BCUT2D eigenvalue weighted by Gasteiger charge is -2.23. The Morgan fingerprint density at radius 2 is 2.21 bits per heavy atom. The molecule has 0 saturated heterocycles. The van der Waals surface area contributed by atoms with Crippen molar-refractivity contribution in [2.24, 2.45) is 0 Å². The average molecular weight is 275 g/mol. The molecule has 100 valence electrons. The van der Waals surface area contributed by atoms with Crippen LogP contribution >= 0.6 is 11.3 Å². The van der Waals surface area contributed by atoms with Gasteiger partial charge in [-0.25, -0.2) is 0 Å². The molecule has 0 aromatic carbocycles. The number of carbonyl (C=O) groups excluding carboxylic acids is 1. The Bertz CT molecular complexity index is 511. The van der Waals surface area contributed by atoms with Gasteiger partial charge in [-0.2, -0.15) is 0 Å². The fourth-order valence-corrected chi connectivity index (χ4v) is 2.72. The monoisotopic (exact) mass is 275 g/mol. The van der Waals surface area contributed by atoms with Crippen LogP contribution in [0, 0.1) is 0 Å². The molecule has 0 fully saturated rings. The maximum Gasteiger partial charge on any atom is 0.269 e. The van der Waals surface area contributed by atoms with Crippen molar-refractivity contribution in [3.05, 3.63) is 52.5 Å². The molecule has 0 unspecified atom stereocenters. The number of nitrogens with zero attached hydrogens (tertiary/aromatic N) is 2. The molecular formula is C14H17N3OS. The van der Waals surface area contributed by atoms with E-state index in [1.54, 1.807) is 29.7 Å². The van der Waals surface area contributed by atoms with Crippen molar-refractivity contribution < 1.29 is 4.79 Å². The van der Waals surface area contributed by atoms with Crippen molar-refractivity contribution >= 4 is 17.2 Å². The Labute approximate surface area is 117 Å². The van der Waals surface area contributed by atoms with Gasteiger partial charge in [-0.3, -0.25) is 9.78 Å². The lowest BCUT2D eigenvalue weighted by Crippen LogP contribution is -2.34. The number of nitrogens with one attached hydrogen (secondary N) is 1. The summed E-state index contributed by atoms with van der Waals surface area (Å²) in [5.74, 6) is -0.135. The van der Waals surface area contributed by atoms with Gasteiger partial charge in [-0.05, 0) is 37.7 Å². The fourth-order valence-electron chi connectivity index (χ4n) is 1.80. The van der Waals surface area contributed by atoms with E-state index in [0.717, 1.165) is 0 Å². The molecule has 0 radical (unpaired) electrons. The van der Waals surface area contributed by atoms with Gasteiger partial charge in [0.15, 0.2) is 0 Å². The van der Waals surface area contributed by atoms with Crippen LogP contribution in [-0.4, -0.2) is 36.4 Å². The largest absolute Gasteiger partial charge is 0.349 e. The van der Waals surface area contributed by atoms with E-state index in [1.807, 2.05) is 31.6 Å². The van der Waals surface area contributed by atoms with Crippen LogP contribution in [-0.2, 0) is 0 Å². The lowest BCUT2D eigenvalue weighted by atomic mass is 10.2. The topological polar surface area (TPSA) is 45.2 Å². The fraction of sp³-hybridized carbons (Fsp3) is 0.286. The van der Waals surface area contributed by atoms with E-state index >= 15 is 0 Å². The molecule has 1 N–H and O–H groups in total. The van der Waals surface area contributed by atoms with Crippen LogP contribution in [0.15, 0.2) is 41.9 Å². The number of likely N-dealkylation sites (N-methyl/N-ethyl adjacent to an activating group) is 1. The summed E-state index contributed by atoms with van der Waals surface area (Å²) in [6.07, 6.45) is 1.62. The maximum absolute atomic E-state index is 12.0. The maximum atomic E-state index is 12.0. The van der Waals surface area contributed by atoms with E-state index in [2.05, 4.69) is 21.3 Å². The number of hydrogen-bond acceptors (Lipinski definition) is 4. The molecule has 1 amide bonds. The quantitative estimate of drug-likeness (QED) is 0.909. The minimum absolute atomic E-state index is 0.135. The number of rotatable bonds is 5. The lowest BCUT2D eigenvalue weighted by molar-refractivity contribution is 0.0937. The summed E-state index contributed by atoms with van der Waals surface area (Å²) >= 11 is 1.70. The molecule has 2 heterocycles. The summed E-state index contributed by atoms with van der Waals surface area (Å²) in [5, 5.41) is 4.98. The molecule has 2 aromatic rings. The minimum Gasteiger partial charge on any atom is -0.349 e. The van der Waals surface area contributed by atoms with Gasteiger partial charge in [0, 0.05) is 17.6 Å². The zero-order chi connectivity index (χ0) is 13.7. The normalized spacial score (nSPS) is 12.4. The first-order chi connectivity index (χ1) is 9.18. The first kappa shape index (κ1) is 13.7. The summed E-state index contributed by atoms with van der Waals surface area (Å²) in [7, 11) is 4.02. The molecule has 5 heteroatoms. The molecule has 2 rings (SSSR count). The zero-order valence-electron chi connectivity index (χ0n) is 11.0. The molecule has 0 bridgehead atoms. The molecule has 0 saturated carbocycles. The van der Waals surface area contributed by atoms with E-state index in [-0.39, 0.29) is 11.9 Å².